The monoisotopic (exact) mass is 274 g/mol. The van der Waals surface area contributed by atoms with E-state index < -0.39 is 17.3 Å². The Bertz CT molecular complexity index is 521. The van der Waals surface area contributed by atoms with Gasteiger partial charge in [0.05, 0.1) is 22.5 Å². The van der Waals surface area contributed by atoms with Crippen molar-refractivity contribution in [3.63, 3.8) is 0 Å². The summed E-state index contributed by atoms with van der Waals surface area (Å²) in [5.74, 6) is 0. The fraction of sp³-hybridized carbons (Fsp3) is 0.417. The summed E-state index contributed by atoms with van der Waals surface area (Å²) in [4.78, 5) is 0.567. The number of benzene rings is 1. The molecular formula is C12H13F3N2S. The van der Waals surface area contributed by atoms with Gasteiger partial charge < -0.3 is 10.6 Å². The highest BCUT2D eigenvalue weighted by Gasteiger charge is 2.35. The smallest absolute Gasteiger partial charge is 0.372 e. The van der Waals surface area contributed by atoms with Crippen molar-refractivity contribution >= 4 is 28.6 Å². The molecule has 98 valence electrons. The average molecular weight is 274 g/mol. The largest absolute Gasteiger partial charge is 0.416 e. The van der Waals surface area contributed by atoms with Gasteiger partial charge in [-0.1, -0.05) is 12.2 Å². The standard InChI is InChI=1S/C12H13F3N2S/c1-6-4-7(12(13,14)15)5-8-9(6)16-10(18)11(2,3)17-8/h4-5,17H,1-3H3,(H,16,18). The summed E-state index contributed by atoms with van der Waals surface area (Å²) in [5, 5.41) is 6.03. The molecule has 0 aliphatic carbocycles. The van der Waals surface area contributed by atoms with E-state index in [1.807, 2.05) is 13.8 Å². The molecule has 1 aliphatic rings. The molecule has 1 heterocycles. The first-order chi connectivity index (χ1) is 8.11. The molecule has 18 heavy (non-hydrogen) atoms. The minimum absolute atomic E-state index is 0.431. The molecule has 0 spiro atoms. The maximum atomic E-state index is 12.7. The first-order valence-electron chi connectivity index (χ1n) is 5.43. The van der Waals surface area contributed by atoms with E-state index in [1.54, 1.807) is 6.92 Å². The van der Waals surface area contributed by atoms with E-state index in [-0.39, 0.29) is 0 Å². The predicted octanol–water partition coefficient (Wildman–Crippen LogP) is 3.96. The molecule has 6 heteroatoms. The fourth-order valence-electron chi connectivity index (χ4n) is 1.88. The number of hydrogen-bond acceptors (Lipinski definition) is 2. The summed E-state index contributed by atoms with van der Waals surface area (Å²) >= 11 is 5.19. The number of rotatable bonds is 0. The van der Waals surface area contributed by atoms with E-state index in [9.17, 15) is 13.2 Å². The first kappa shape index (κ1) is 13.1. The van der Waals surface area contributed by atoms with Crippen molar-refractivity contribution in [2.45, 2.75) is 32.5 Å². The molecule has 0 unspecified atom stereocenters. The van der Waals surface area contributed by atoms with Gasteiger partial charge in [0, 0.05) is 0 Å². The lowest BCUT2D eigenvalue weighted by atomic mass is 9.97. The quantitative estimate of drug-likeness (QED) is 0.700. The topological polar surface area (TPSA) is 24.1 Å². The van der Waals surface area contributed by atoms with Gasteiger partial charge in [-0.05, 0) is 38.5 Å². The second kappa shape index (κ2) is 3.85. The third kappa shape index (κ3) is 2.16. The van der Waals surface area contributed by atoms with E-state index in [4.69, 9.17) is 12.2 Å². The van der Waals surface area contributed by atoms with Gasteiger partial charge in [-0.15, -0.1) is 0 Å². The van der Waals surface area contributed by atoms with Gasteiger partial charge in [-0.25, -0.2) is 0 Å². The third-order valence-corrected chi connectivity index (χ3v) is 3.53. The molecule has 0 saturated heterocycles. The van der Waals surface area contributed by atoms with Gasteiger partial charge in [0.1, 0.15) is 4.99 Å². The summed E-state index contributed by atoms with van der Waals surface area (Å²) in [5.41, 5.74) is 0.356. The molecule has 0 bridgehead atoms. The highest BCUT2D eigenvalue weighted by atomic mass is 32.1. The first-order valence-corrected chi connectivity index (χ1v) is 5.83. The number of aryl methyl sites for hydroxylation is 1. The van der Waals surface area contributed by atoms with Crippen LogP contribution in [0.15, 0.2) is 12.1 Å². The lowest BCUT2D eigenvalue weighted by Gasteiger charge is -2.36. The Hall–Kier alpha value is -1.30. The van der Waals surface area contributed by atoms with Gasteiger partial charge in [-0.2, -0.15) is 13.2 Å². The molecule has 2 nitrogen and oxygen atoms in total. The lowest BCUT2D eigenvalue weighted by Crippen LogP contribution is -2.46. The van der Waals surface area contributed by atoms with Crippen LogP contribution in [0.3, 0.4) is 0 Å². The van der Waals surface area contributed by atoms with E-state index in [2.05, 4.69) is 10.6 Å². The van der Waals surface area contributed by atoms with Gasteiger partial charge in [0.25, 0.3) is 0 Å². The Kier molecular flexibility index (Phi) is 2.81. The summed E-state index contributed by atoms with van der Waals surface area (Å²) in [7, 11) is 0. The van der Waals surface area contributed by atoms with Crippen molar-refractivity contribution in [3.8, 4) is 0 Å². The second-order valence-corrected chi connectivity index (χ2v) is 5.33. The van der Waals surface area contributed by atoms with Crippen LogP contribution in [0, 0.1) is 6.92 Å². The van der Waals surface area contributed by atoms with Gasteiger partial charge in [0.2, 0.25) is 0 Å². The van der Waals surface area contributed by atoms with Crippen LogP contribution in [0.2, 0.25) is 0 Å². The SMILES string of the molecule is Cc1cc(C(F)(F)F)cc2c1NC(=S)C(C)(C)N2. The van der Waals surface area contributed by atoms with E-state index in [1.165, 1.54) is 0 Å². The Morgan fingerprint density at radius 3 is 2.39 bits per heavy atom. The Morgan fingerprint density at radius 1 is 1.22 bits per heavy atom. The van der Waals surface area contributed by atoms with Crippen LogP contribution in [0.25, 0.3) is 0 Å². The zero-order valence-corrected chi connectivity index (χ0v) is 11.0. The van der Waals surface area contributed by atoms with Crippen LogP contribution in [-0.4, -0.2) is 10.5 Å². The van der Waals surface area contributed by atoms with Crippen LogP contribution < -0.4 is 10.6 Å². The summed E-state index contributed by atoms with van der Waals surface area (Å²) in [6.07, 6.45) is -4.34. The molecular weight excluding hydrogens is 261 g/mol. The van der Waals surface area contributed by atoms with Crippen LogP contribution in [-0.2, 0) is 6.18 Å². The zero-order valence-electron chi connectivity index (χ0n) is 10.2. The number of hydrogen-bond donors (Lipinski definition) is 2. The molecule has 1 aromatic rings. The Balaban J connectivity index is 2.55. The van der Waals surface area contributed by atoms with Crippen LogP contribution >= 0.6 is 12.2 Å². The highest BCUT2D eigenvalue weighted by molar-refractivity contribution is 7.80. The molecule has 0 fully saturated rings. The van der Waals surface area contributed by atoms with Crippen molar-refractivity contribution in [2.75, 3.05) is 10.6 Å². The van der Waals surface area contributed by atoms with Gasteiger partial charge in [-0.3, -0.25) is 0 Å². The molecule has 0 atom stereocenters. The van der Waals surface area contributed by atoms with Crippen molar-refractivity contribution in [3.05, 3.63) is 23.3 Å². The Morgan fingerprint density at radius 2 is 1.83 bits per heavy atom. The number of halogens is 3. The molecule has 1 aromatic carbocycles. The van der Waals surface area contributed by atoms with Crippen molar-refractivity contribution < 1.29 is 13.2 Å². The van der Waals surface area contributed by atoms with Crippen LogP contribution in [0.1, 0.15) is 25.0 Å². The summed E-state index contributed by atoms with van der Waals surface area (Å²) < 4.78 is 38.2. The van der Waals surface area contributed by atoms with Gasteiger partial charge >= 0.3 is 6.18 Å². The predicted molar refractivity (Wildman–Crippen MR) is 70.1 cm³/mol. The molecule has 0 amide bonds. The number of anilines is 2. The minimum Gasteiger partial charge on any atom is -0.372 e. The van der Waals surface area contributed by atoms with E-state index >= 15 is 0 Å². The number of thiocarbonyl (C=S) groups is 1. The molecule has 0 aromatic heterocycles. The molecule has 0 radical (unpaired) electrons. The Labute approximate surface area is 109 Å². The second-order valence-electron chi connectivity index (χ2n) is 4.92. The van der Waals surface area contributed by atoms with E-state index in [0.717, 1.165) is 12.1 Å². The molecule has 2 N–H and O–H groups in total. The maximum Gasteiger partial charge on any atom is 0.416 e. The lowest BCUT2D eigenvalue weighted by molar-refractivity contribution is -0.137. The van der Waals surface area contributed by atoms with Crippen LogP contribution in [0.4, 0.5) is 24.5 Å². The summed E-state index contributed by atoms with van der Waals surface area (Å²) in [6.45, 7) is 5.27. The normalized spacial score (nSPS) is 17.8. The van der Waals surface area contributed by atoms with Crippen molar-refractivity contribution in [1.82, 2.24) is 0 Å². The number of nitrogens with one attached hydrogen (secondary N) is 2. The third-order valence-electron chi connectivity index (χ3n) is 2.92. The van der Waals surface area contributed by atoms with Crippen molar-refractivity contribution in [1.29, 1.82) is 0 Å². The zero-order chi connectivity index (χ0) is 13.7. The highest BCUT2D eigenvalue weighted by Crippen LogP contribution is 2.39. The fourth-order valence-corrected chi connectivity index (χ4v) is 2.03. The summed E-state index contributed by atoms with van der Waals surface area (Å²) in [6, 6.07) is 2.23. The molecule has 0 saturated carbocycles. The van der Waals surface area contributed by atoms with E-state index in [0.29, 0.717) is 21.9 Å². The van der Waals surface area contributed by atoms with Gasteiger partial charge in [0.15, 0.2) is 0 Å². The molecule has 2 rings (SSSR count). The van der Waals surface area contributed by atoms with Crippen LogP contribution in [0.5, 0.6) is 0 Å². The molecule has 1 aliphatic heterocycles. The minimum atomic E-state index is -4.34. The van der Waals surface area contributed by atoms with Crippen molar-refractivity contribution in [2.24, 2.45) is 0 Å². The number of fused-ring (bicyclic) bond motifs is 1. The maximum absolute atomic E-state index is 12.7. The average Bonchev–Trinajstić information content (AvgIpc) is 2.19. The number of alkyl halides is 3.